The van der Waals surface area contributed by atoms with Crippen molar-refractivity contribution < 1.29 is 102 Å². The second kappa shape index (κ2) is 21.6. The molecule has 1 aliphatic heterocycles. The number of nitrogens with one attached hydrogen (secondary N) is 1. The Kier molecular flexibility index (Phi) is 24.8. The Morgan fingerprint density at radius 1 is 0.590 bits per heavy atom. The van der Waals surface area contributed by atoms with Gasteiger partial charge in [0.2, 0.25) is 0 Å². The molecule has 1 aromatic carbocycles. The van der Waals surface area contributed by atoms with Gasteiger partial charge in [0, 0.05) is 11.8 Å². The van der Waals surface area contributed by atoms with Gasteiger partial charge in [-0.2, -0.15) is 0 Å². The fourth-order valence-corrected chi connectivity index (χ4v) is 1.23. The highest BCUT2D eigenvalue weighted by Gasteiger charge is 2.26. The maximum Gasteiger partial charge on any atom is 0.466 e. The van der Waals surface area contributed by atoms with E-state index in [1.165, 1.54) is 0 Å². The van der Waals surface area contributed by atoms with Gasteiger partial charge in [-0.05, 0) is 12.1 Å². The highest BCUT2D eigenvalue weighted by atomic mass is 31.2. The molecule has 234 valence electrons. The van der Waals surface area contributed by atoms with E-state index in [0.717, 1.165) is 11.3 Å². The summed E-state index contributed by atoms with van der Waals surface area (Å²) in [5, 5.41) is 34.0. The number of hydrogen-bond acceptors (Lipinski definition) is 10. The van der Waals surface area contributed by atoms with Crippen molar-refractivity contribution in [2.45, 2.75) is 0 Å². The molecule has 0 amide bonds. The van der Waals surface area contributed by atoms with Crippen LogP contribution in [0.4, 0.5) is 0 Å². The second-order valence-electron chi connectivity index (χ2n) is 6.28. The molecule has 0 spiro atoms. The first-order valence-corrected chi connectivity index (χ1v) is 15.2. The predicted octanol–water partition coefficient (Wildman–Crippen LogP) is -4.22. The molecular weight excluding hydrogens is 630 g/mol. The normalized spacial score (nSPS) is 12.2. The van der Waals surface area contributed by atoms with Gasteiger partial charge in [-0.25, -0.2) is 23.7 Å². The lowest BCUT2D eigenvalue weighted by atomic mass is 9.93. The molecule has 0 aromatic heterocycles. The molecule has 0 aliphatic carbocycles. The van der Waals surface area contributed by atoms with E-state index in [-0.39, 0.29) is 0 Å². The average molecular weight is 661 g/mol. The van der Waals surface area contributed by atoms with Crippen molar-refractivity contribution in [3.05, 3.63) is 36.0 Å². The minimum atomic E-state index is -4.64. The molecule has 0 unspecified atom stereocenters. The molecule has 2 rings (SSSR count). The van der Waals surface area contributed by atoms with Gasteiger partial charge in [0.25, 0.3) is 0 Å². The van der Waals surface area contributed by atoms with E-state index >= 15 is 0 Å². The highest BCUT2D eigenvalue weighted by Crippen LogP contribution is 2.27. The number of para-hydroxylation sites is 1. The summed E-state index contributed by atoms with van der Waals surface area (Å²) in [5.41, 5.74) is 2.66. The van der Waals surface area contributed by atoms with Crippen molar-refractivity contribution in [3.63, 3.8) is 0 Å². The van der Waals surface area contributed by atoms with Crippen molar-refractivity contribution in [1.82, 2.24) is 5.48 Å². The number of aliphatic hydroxyl groups excluding tert-OH is 4. The first-order chi connectivity index (χ1) is 17.2. The maximum absolute atomic E-state index is 8.88. The predicted molar refractivity (Wildman–Crippen MR) is 127 cm³/mol. The van der Waals surface area contributed by atoms with Crippen LogP contribution in [0.3, 0.4) is 0 Å². The van der Waals surface area contributed by atoms with Crippen LogP contribution in [0.15, 0.2) is 30.5 Å². The molecule has 1 heterocycles. The van der Waals surface area contributed by atoms with Gasteiger partial charge in [-0.3, -0.25) is 0 Å². The maximum atomic E-state index is 8.88. The fourth-order valence-electron chi connectivity index (χ4n) is 1.23. The highest BCUT2D eigenvalue weighted by molar-refractivity contribution is 7.45. The first kappa shape index (κ1) is 44.8. The summed E-state index contributed by atoms with van der Waals surface area (Å²) in [5.74, 6) is 0.880. The topological polar surface area (TPSA) is 413 Å². The molecule has 0 bridgehead atoms. The van der Waals surface area contributed by atoms with E-state index in [4.69, 9.17) is 102 Å². The molecule has 0 atom stereocenters. The lowest BCUT2D eigenvalue weighted by molar-refractivity contribution is -0.0328. The average Bonchev–Trinajstić information content (AvgIpc) is 2.72. The summed E-state index contributed by atoms with van der Waals surface area (Å²) in [7, 11) is -18.6. The molecule has 1 aromatic rings. The van der Waals surface area contributed by atoms with Gasteiger partial charge in [-0.1, -0.05) is 18.2 Å². The first-order valence-electron chi connectivity index (χ1n) is 8.96. The second-order valence-corrected chi connectivity index (χ2v) is 10.4. The van der Waals surface area contributed by atoms with E-state index < -0.39 is 63.1 Å². The molecule has 17 N–H and O–H groups in total. The molecule has 22 nitrogen and oxygen atoms in total. The zero-order valence-corrected chi connectivity index (χ0v) is 22.9. The molecular formula is C13H31NO21P4. The van der Waals surface area contributed by atoms with Crippen LogP contribution in [0.1, 0.15) is 5.56 Å². The Bertz CT molecular complexity index is 845. The minimum Gasteiger partial charge on any atom is -0.396 e. The molecule has 0 radical (unpaired) electrons. The molecule has 0 saturated carbocycles. The van der Waals surface area contributed by atoms with Gasteiger partial charge in [0.15, 0.2) is 5.75 Å². The molecule has 1 aliphatic rings. The van der Waals surface area contributed by atoms with Crippen molar-refractivity contribution >= 4 is 37.4 Å². The minimum absolute atomic E-state index is 0.406. The third-order valence-electron chi connectivity index (χ3n) is 2.76. The van der Waals surface area contributed by atoms with Crippen LogP contribution in [0, 0.1) is 5.41 Å². The van der Waals surface area contributed by atoms with Crippen molar-refractivity contribution in [2.24, 2.45) is 5.41 Å². The van der Waals surface area contributed by atoms with Gasteiger partial charge in [0.05, 0.1) is 31.8 Å². The number of aliphatic hydroxyl groups is 4. The fraction of sp³-hybridized carbons (Fsp3) is 0.385. The Hall–Kier alpha value is -1.16. The summed E-state index contributed by atoms with van der Waals surface area (Å²) in [6, 6.07) is 7.86. The number of hydroxylamine groups is 1. The van der Waals surface area contributed by atoms with E-state index in [0.29, 0.717) is 0 Å². The largest absolute Gasteiger partial charge is 0.466 e. The standard InChI is InChI=1S/C8H7NO.C5H12O4.4H3O4P/c1-2-4-8-7(3-1)5-6-9-10-8;6-1-5(2-7,3-8)4-9;4*1-5(2,3)4/h1-6,9H;6-9H,1-4H2;4*(H3,1,2,3,4). The van der Waals surface area contributed by atoms with Crippen LogP contribution in [0.2, 0.25) is 0 Å². The molecule has 26 heteroatoms. The van der Waals surface area contributed by atoms with Gasteiger partial charge in [0.1, 0.15) is 0 Å². The van der Waals surface area contributed by atoms with Crippen molar-refractivity contribution in [2.75, 3.05) is 26.4 Å². The summed E-state index contributed by atoms with van der Waals surface area (Å²) >= 11 is 0. The number of phosphoric acid groups is 4. The lowest BCUT2D eigenvalue weighted by Gasteiger charge is -2.23. The van der Waals surface area contributed by atoms with Crippen molar-refractivity contribution in [3.8, 4) is 5.75 Å². The monoisotopic (exact) mass is 661 g/mol. The Morgan fingerprint density at radius 2 is 0.872 bits per heavy atom. The Labute approximate surface area is 219 Å². The third-order valence-corrected chi connectivity index (χ3v) is 2.76. The third kappa shape index (κ3) is 53.8. The lowest BCUT2D eigenvalue weighted by Crippen LogP contribution is -2.37. The SMILES string of the molecule is C1=Cc2ccccc2ON1.O=P(O)(O)O.O=P(O)(O)O.O=P(O)(O)O.O=P(O)(O)O.OCC(CO)(CO)CO. The van der Waals surface area contributed by atoms with Gasteiger partial charge < -0.3 is 84.0 Å². The number of rotatable bonds is 4. The quantitative estimate of drug-likeness (QED) is 0.136. The van der Waals surface area contributed by atoms with Crippen molar-refractivity contribution in [1.29, 1.82) is 0 Å². The Balaban J connectivity index is -0.000000195. The number of fused-ring (bicyclic) bond motifs is 1. The van der Waals surface area contributed by atoms with E-state index in [1.807, 2.05) is 30.3 Å². The summed E-state index contributed by atoms with van der Waals surface area (Å²) in [4.78, 5) is 91.3. The van der Waals surface area contributed by atoms with Crippen LogP contribution >= 0.6 is 31.3 Å². The summed E-state index contributed by atoms with van der Waals surface area (Å²) in [6.45, 7) is -1.62. The number of benzene rings is 1. The van der Waals surface area contributed by atoms with Crippen LogP contribution in [-0.2, 0) is 18.3 Å². The van der Waals surface area contributed by atoms with E-state index in [2.05, 4.69) is 5.48 Å². The molecule has 39 heavy (non-hydrogen) atoms. The Morgan fingerprint density at radius 3 is 1.10 bits per heavy atom. The molecule has 0 saturated heterocycles. The van der Waals surface area contributed by atoms with Crippen LogP contribution < -0.4 is 10.3 Å². The summed E-state index contributed by atoms with van der Waals surface area (Å²) < 4.78 is 35.5. The van der Waals surface area contributed by atoms with Gasteiger partial charge >= 0.3 is 31.3 Å². The zero-order valence-electron chi connectivity index (χ0n) is 19.3. The van der Waals surface area contributed by atoms with Gasteiger partial charge in [-0.15, -0.1) is 0 Å². The van der Waals surface area contributed by atoms with Crippen LogP contribution in [-0.4, -0.2) is 106 Å². The number of hydrogen-bond donors (Lipinski definition) is 17. The zero-order chi connectivity index (χ0) is 32.1. The van der Waals surface area contributed by atoms with E-state index in [1.54, 1.807) is 6.20 Å². The van der Waals surface area contributed by atoms with Crippen LogP contribution in [0.25, 0.3) is 6.08 Å². The van der Waals surface area contributed by atoms with E-state index in [9.17, 15) is 0 Å². The summed E-state index contributed by atoms with van der Waals surface area (Å²) in [6.07, 6.45) is 3.74. The molecule has 0 fully saturated rings. The smallest absolute Gasteiger partial charge is 0.396 e. The van der Waals surface area contributed by atoms with Crippen LogP contribution in [0.5, 0.6) is 5.75 Å².